The number of hydrogen-bond donors (Lipinski definition) is 0. The van der Waals surface area contributed by atoms with E-state index in [1.54, 1.807) is 19.2 Å². The van der Waals surface area contributed by atoms with Crippen LogP contribution in [0.1, 0.15) is 23.2 Å². The second kappa shape index (κ2) is 6.04. The van der Waals surface area contributed by atoms with Crippen molar-refractivity contribution in [1.82, 2.24) is 4.90 Å². The Bertz CT molecular complexity index is 445. The van der Waals surface area contributed by atoms with Gasteiger partial charge in [0, 0.05) is 24.7 Å². The molecule has 0 spiro atoms. The summed E-state index contributed by atoms with van der Waals surface area (Å²) in [5.74, 6) is 0.00190. The predicted molar refractivity (Wildman–Crippen MR) is 75.1 cm³/mol. The Hall–Kier alpha value is -0.580. The third kappa shape index (κ3) is 3.05. The van der Waals surface area contributed by atoms with E-state index in [9.17, 15) is 4.79 Å². The summed E-state index contributed by atoms with van der Waals surface area (Å²) in [7, 11) is 1.72. The molecule has 18 heavy (non-hydrogen) atoms. The predicted octanol–water partition coefficient (Wildman–Crippen LogP) is 3.35. The van der Waals surface area contributed by atoms with Crippen molar-refractivity contribution in [3.8, 4) is 0 Å². The zero-order chi connectivity index (χ0) is 13.1. The Kier molecular flexibility index (Phi) is 4.65. The maximum atomic E-state index is 12.3. The summed E-state index contributed by atoms with van der Waals surface area (Å²) in [4.78, 5) is 14.2. The molecular weight excluding hydrogens is 318 g/mol. The van der Waals surface area contributed by atoms with Crippen molar-refractivity contribution in [2.45, 2.75) is 18.9 Å². The molecule has 2 rings (SSSR count). The Morgan fingerprint density at radius 2 is 2.11 bits per heavy atom. The zero-order valence-corrected chi connectivity index (χ0v) is 12.5. The zero-order valence-electron chi connectivity index (χ0n) is 10.2. The van der Waals surface area contributed by atoms with E-state index < -0.39 is 0 Å². The lowest BCUT2D eigenvalue weighted by molar-refractivity contribution is 0.0351. The van der Waals surface area contributed by atoms with E-state index in [1.807, 2.05) is 11.0 Å². The lowest BCUT2D eigenvalue weighted by Crippen LogP contribution is -2.40. The van der Waals surface area contributed by atoms with Crippen LogP contribution in [0.5, 0.6) is 0 Å². The number of rotatable bonds is 2. The Morgan fingerprint density at radius 3 is 2.67 bits per heavy atom. The van der Waals surface area contributed by atoms with E-state index in [1.165, 1.54) is 0 Å². The first-order valence-electron chi connectivity index (χ1n) is 5.89. The molecule has 98 valence electrons. The normalized spacial score (nSPS) is 16.9. The van der Waals surface area contributed by atoms with E-state index in [4.69, 9.17) is 16.3 Å². The fraction of sp³-hybridized carbons (Fsp3) is 0.462. The Balaban J connectivity index is 2.08. The van der Waals surface area contributed by atoms with E-state index in [0.29, 0.717) is 10.6 Å². The Morgan fingerprint density at radius 1 is 1.44 bits per heavy atom. The minimum absolute atomic E-state index is 0.00190. The minimum atomic E-state index is 0.00190. The molecule has 1 heterocycles. The molecule has 1 fully saturated rings. The van der Waals surface area contributed by atoms with Crippen LogP contribution in [0, 0.1) is 0 Å². The molecule has 1 amide bonds. The van der Waals surface area contributed by atoms with Crippen LogP contribution < -0.4 is 0 Å². The number of halogens is 2. The minimum Gasteiger partial charge on any atom is -0.381 e. The lowest BCUT2D eigenvalue weighted by atomic mass is 10.1. The molecule has 1 aliphatic rings. The highest BCUT2D eigenvalue weighted by molar-refractivity contribution is 9.10. The van der Waals surface area contributed by atoms with Gasteiger partial charge in [-0.25, -0.2) is 0 Å². The van der Waals surface area contributed by atoms with Gasteiger partial charge in [-0.3, -0.25) is 4.79 Å². The molecule has 3 nitrogen and oxygen atoms in total. The fourth-order valence-electron chi connectivity index (χ4n) is 2.13. The summed E-state index contributed by atoms with van der Waals surface area (Å²) < 4.78 is 6.17. The Labute approximate surface area is 120 Å². The highest BCUT2D eigenvalue weighted by Crippen LogP contribution is 2.24. The van der Waals surface area contributed by atoms with Gasteiger partial charge in [-0.2, -0.15) is 0 Å². The molecule has 0 aromatic heterocycles. The van der Waals surface area contributed by atoms with Crippen LogP contribution in [-0.4, -0.2) is 37.1 Å². The number of hydrogen-bond acceptors (Lipinski definition) is 2. The van der Waals surface area contributed by atoms with Gasteiger partial charge in [0.25, 0.3) is 5.91 Å². The summed E-state index contributed by atoms with van der Waals surface area (Å²) >= 11 is 9.43. The van der Waals surface area contributed by atoms with Crippen LogP contribution in [-0.2, 0) is 4.74 Å². The standard InChI is InChI=1S/C13H15BrClNO2/c1-18-10-4-6-16(7-5-10)13(17)11-3-2-9(14)8-12(11)15/h2-3,8,10H,4-7H2,1H3. The van der Waals surface area contributed by atoms with Crippen molar-refractivity contribution < 1.29 is 9.53 Å². The number of likely N-dealkylation sites (tertiary alicyclic amines) is 1. The largest absolute Gasteiger partial charge is 0.381 e. The van der Waals surface area contributed by atoms with Crippen molar-refractivity contribution in [1.29, 1.82) is 0 Å². The van der Waals surface area contributed by atoms with E-state index >= 15 is 0 Å². The second-order valence-corrected chi connectivity index (χ2v) is 5.67. The van der Waals surface area contributed by atoms with E-state index in [0.717, 1.165) is 30.4 Å². The fourth-order valence-corrected chi connectivity index (χ4v) is 2.88. The van der Waals surface area contributed by atoms with Gasteiger partial charge < -0.3 is 9.64 Å². The topological polar surface area (TPSA) is 29.5 Å². The highest BCUT2D eigenvalue weighted by atomic mass is 79.9. The third-order valence-electron chi connectivity index (χ3n) is 3.22. The molecule has 0 N–H and O–H groups in total. The molecule has 0 radical (unpaired) electrons. The van der Waals surface area contributed by atoms with Crippen LogP contribution in [0.25, 0.3) is 0 Å². The molecular formula is C13H15BrClNO2. The lowest BCUT2D eigenvalue weighted by Gasteiger charge is -2.31. The average Bonchev–Trinajstić information content (AvgIpc) is 2.38. The third-order valence-corrected chi connectivity index (χ3v) is 4.03. The summed E-state index contributed by atoms with van der Waals surface area (Å²) in [6.45, 7) is 1.45. The van der Waals surface area contributed by atoms with Crippen LogP contribution in [0.4, 0.5) is 0 Å². The number of carbonyl (C=O) groups excluding carboxylic acids is 1. The number of ether oxygens (including phenoxy) is 1. The smallest absolute Gasteiger partial charge is 0.255 e. The maximum Gasteiger partial charge on any atom is 0.255 e. The van der Waals surface area contributed by atoms with Crippen molar-refractivity contribution in [2.24, 2.45) is 0 Å². The first-order valence-corrected chi connectivity index (χ1v) is 7.06. The van der Waals surface area contributed by atoms with Crippen molar-refractivity contribution in [3.63, 3.8) is 0 Å². The number of methoxy groups -OCH3 is 1. The molecule has 1 saturated heterocycles. The molecule has 1 aromatic rings. The van der Waals surface area contributed by atoms with E-state index in [2.05, 4.69) is 15.9 Å². The molecule has 0 atom stereocenters. The first-order chi connectivity index (χ1) is 8.61. The van der Waals surface area contributed by atoms with Gasteiger partial charge in [-0.1, -0.05) is 27.5 Å². The molecule has 0 bridgehead atoms. The number of benzene rings is 1. The van der Waals surface area contributed by atoms with Gasteiger partial charge in [0.2, 0.25) is 0 Å². The summed E-state index contributed by atoms with van der Waals surface area (Å²) in [6, 6.07) is 5.34. The quantitative estimate of drug-likeness (QED) is 0.831. The molecule has 1 aromatic carbocycles. The van der Waals surface area contributed by atoms with Gasteiger partial charge in [0.1, 0.15) is 0 Å². The maximum absolute atomic E-state index is 12.3. The van der Waals surface area contributed by atoms with Gasteiger partial charge in [0.15, 0.2) is 0 Å². The number of amides is 1. The van der Waals surface area contributed by atoms with Gasteiger partial charge in [0.05, 0.1) is 16.7 Å². The van der Waals surface area contributed by atoms with Gasteiger partial charge >= 0.3 is 0 Å². The van der Waals surface area contributed by atoms with Crippen LogP contribution in [0.15, 0.2) is 22.7 Å². The van der Waals surface area contributed by atoms with Crippen molar-refractivity contribution >= 4 is 33.4 Å². The SMILES string of the molecule is COC1CCN(C(=O)c2ccc(Br)cc2Cl)CC1. The second-order valence-electron chi connectivity index (χ2n) is 4.35. The van der Waals surface area contributed by atoms with Gasteiger partial charge in [-0.15, -0.1) is 0 Å². The first kappa shape index (κ1) is 13.8. The average molecular weight is 333 g/mol. The molecule has 0 aliphatic carbocycles. The van der Waals surface area contributed by atoms with Crippen LogP contribution >= 0.6 is 27.5 Å². The monoisotopic (exact) mass is 331 g/mol. The van der Waals surface area contributed by atoms with Crippen LogP contribution in [0.3, 0.4) is 0 Å². The van der Waals surface area contributed by atoms with Crippen molar-refractivity contribution in [3.05, 3.63) is 33.3 Å². The number of carbonyl (C=O) groups is 1. The highest BCUT2D eigenvalue weighted by Gasteiger charge is 2.24. The molecule has 1 aliphatic heterocycles. The number of nitrogens with zero attached hydrogens (tertiary/aromatic N) is 1. The van der Waals surface area contributed by atoms with Gasteiger partial charge in [-0.05, 0) is 31.0 Å². The van der Waals surface area contributed by atoms with Crippen LogP contribution in [0.2, 0.25) is 5.02 Å². The molecule has 0 unspecified atom stereocenters. The summed E-state index contributed by atoms with van der Waals surface area (Å²) in [5, 5.41) is 0.489. The molecule has 0 saturated carbocycles. The van der Waals surface area contributed by atoms with E-state index in [-0.39, 0.29) is 12.0 Å². The summed E-state index contributed by atoms with van der Waals surface area (Å²) in [5.41, 5.74) is 0.565. The molecule has 5 heteroatoms. The summed E-state index contributed by atoms with van der Waals surface area (Å²) in [6.07, 6.45) is 2.04. The number of piperidine rings is 1. The van der Waals surface area contributed by atoms with Crippen molar-refractivity contribution in [2.75, 3.05) is 20.2 Å².